The predicted octanol–water partition coefficient (Wildman–Crippen LogP) is 0.883. The van der Waals surface area contributed by atoms with Gasteiger partial charge >= 0.3 is 0 Å². The van der Waals surface area contributed by atoms with Gasteiger partial charge in [0.15, 0.2) is 0 Å². The number of nitrogens with one attached hydrogen (secondary N) is 2. The van der Waals surface area contributed by atoms with Gasteiger partial charge in [0.25, 0.3) is 0 Å². The zero-order valence-electron chi connectivity index (χ0n) is 18.2. The van der Waals surface area contributed by atoms with Gasteiger partial charge in [-0.15, -0.1) is 0 Å². The summed E-state index contributed by atoms with van der Waals surface area (Å²) < 4.78 is 33.2. The molecule has 9 nitrogen and oxygen atoms in total. The number of carbonyl (C=O) groups is 2. The summed E-state index contributed by atoms with van der Waals surface area (Å²) in [5, 5.41) is 2.59. The Kier molecular flexibility index (Phi) is 8.04. The highest BCUT2D eigenvalue weighted by Gasteiger charge is 2.29. The number of ether oxygens (including phenoxy) is 1. The Morgan fingerprint density at radius 2 is 1.71 bits per heavy atom. The number of likely N-dealkylation sites (tertiary alicyclic amines) is 1. The molecule has 2 N–H and O–H groups in total. The third-order valence-corrected chi connectivity index (χ3v) is 7.29. The molecule has 1 aromatic rings. The third-order valence-electron chi connectivity index (χ3n) is 5.73. The SMILES string of the molecule is CC(=O)Nc1ccc(S(=O)(=O)N[C@@H](C)C(=O)N2CCC(CN3CCOCC3)CC2)cc1. The monoisotopic (exact) mass is 452 g/mol. The van der Waals surface area contributed by atoms with Crippen LogP contribution in [0.15, 0.2) is 29.2 Å². The molecule has 1 aromatic carbocycles. The van der Waals surface area contributed by atoms with Crippen LogP contribution in [0.5, 0.6) is 0 Å². The molecular weight excluding hydrogens is 420 g/mol. The van der Waals surface area contributed by atoms with E-state index in [0.717, 1.165) is 45.7 Å². The number of amides is 2. The van der Waals surface area contributed by atoms with E-state index in [1.807, 2.05) is 0 Å². The first kappa shape index (κ1) is 23.6. The Labute approximate surface area is 184 Å². The summed E-state index contributed by atoms with van der Waals surface area (Å²) in [7, 11) is -3.85. The fraction of sp³-hybridized carbons (Fsp3) is 0.619. The van der Waals surface area contributed by atoms with Crippen LogP contribution in [0, 0.1) is 5.92 Å². The lowest BCUT2D eigenvalue weighted by Gasteiger charge is -2.36. The van der Waals surface area contributed by atoms with Gasteiger partial charge in [0.05, 0.1) is 24.2 Å². The molecule has 0 radical (unpaired) electrons. The first-order chi connectivity index (χ1) is 14.7. The standard InChI is InChI=1S/C21H32N4O5S/c1-16(23-31(28,29)20-5-3-19(4-6-20)22-17(2)26)21(27)25-9-7-18(8-10-25)15-24-11-13-30-14-12-24/h3-6,16,18,23H,7-15H2,1-2H3,(H,22,26)/t16-/m0/s1. The smallest absolute Gasteiger partial charge is 0.241 e. The molecule has 0 aliphatic carbocycles. The van der Waals surface area contributed by atoms with Crippen LogP contribution in [0.25, 0.3) is 0 Å². The summed E-state index contributed by atoms with van der Waals surface area (Å²) >= 11 is 0. The molecule has 2 saturated heterocycles. The molecule has 172 valence electrons. The maximum Gasteiger partial charge on any atom is 0.241 e. The average molecular weight is 453 g/mol. The van der Waals surface area contributed by atoms with Crippen molar-refractivity contribution in [2.24, 2.45) is 5.92 Å². The van der Waals surface area contributed by atoms with Gasteiger partial charge in [-0.1, -0.05) is 0 Å². The summed E-state index contributed by atoms with van der Waals surface area (Å²) in [4.78, 5) is 28.1. The van der Waals surface area contributed by atoms with Gasteiger partial charge in [0, 0.05) is 45.3 Å². The fourth-order valence-corrected chi connectivity index (χ4v) is 5.23. The third kappa shape index (κ3) is 6.73. The van der Waals surface area contributed by atoms with E-state index in [0.29, 0.717) is 24.7 Å². The molecule has 2 amide bonds. The lowest BCUT2D eigenvalue weighted by molar-refractivity contribution is -0.134. The number of hydrogen-bond donors (Lipinski definition) is 2. The van der Waals surface area contributed by atoms with Crippen LogP contribution in [-0.2, 0) is 24.3 Å². The highest BCUT2D eigenvalue weighted by molar-refractivity contribution is 7.89. The average Bonchev–Trinajstić information content (AvgIpc) is 2.74. The number of piperidine rings is 1. The molecular formula is C21H32N4O5S. The quantitative estimate of drug-likeness (QED) is 0.636. The minimum atomic E-state index is -3.85. The maximum absolute atomic E-state index is 12.8. The largest absolute Gasteiger partial charge is 0.379 e. The number of morpholine rings is 1. The second-order valence-electron chi connectivity index (χ2n) is 8.23. The van der Waals surface area contributed by atoms with Crippen LogP contribution in [0.2, 0.25) is 0 Å². The molecule has 0 aromatic heterocycles. The van der Waals surface area contributed by atoms with Gasteiger partial charge < -0.3 is 15.0 Å². The fourth-order valence-electron chi connectivity index (χ4n) is 4.03. The Hall–Kier alpha value is -2.01. The van der Waals surface area contributed by atoms with Crippen molar-refractivity contribution < 1.29 is 22.7 Å². The van der Waals surface area contributed by atoms with Gasteiger partial charge in [-0.25, -0.2) is 8.42 Å². The van der Waals surface area contributed by atoms with Crippen molar-refractivity contribution in [3.8, 4) is 0 Å². The minimum absolute atomic E-state index is 0.0467. The Bertz CT molecular complexity index is 860. The lowest BCUT2D eigenvalue weighted by Crippen LogP contribution is -2.50. The van der Waals surface area contributed by atoms with Gasteiger partial charge in [-0.3, -0.25) is 14.5 Å². The van der Waals surface area contributed by atoms with Crippen molar-refractivity contribution in [1.29, 1.82) is 0 Å². The van der Waals surface area contributed by atoms with Crippen LogP contribution in [0.1, 0.15) is 26.7 Å². The molecule has 3 rings (SSSR count). The number of benzene rings is 1. The van der Waals surface area contributed by atoms with Crippen LogP contribution in [-0.4, -0.2) is 82.0 Å². The lowest BCUT2D eigenvalue weighted by atomic mass is 9.95. The predicted molar refractivity (Wildman–Crippen MR) is 117 cm³/mol. The number of hydrogen-bond acceptors (Lipinski definition) is 6. The molecule has 0 unspecified atom stereocenters. The first-order valence-corrected chi connectivity index (χ1v) is 12.2. The summed E-state index contributed by atoms with van der Waals surface area (Å²) in [6.07, 6.45) is 1.85. The minimum Gasteiger partial charge on any atom is -0.379 e. The maximum atomic E-state index is 12.8. The normalized spacial score (nSPS) is 19.7. The van der Waals surface area contributed by atoms with Gasteiger partial charge in [0.1, 0.15) is 0 Å². The second-order valence-corrected chi connectivity index (χ2v) is 9.94. The Morgan fingerprint density at radius 1 is 1.10 bits per heavy atom. The number of nitrogens with zero attached hydrogens (tertiary/aromatic N) is 2. The molecule has 0 saturated carbocycles. The zero-order valence-corrected chi connectivity index (χ0v) is 19.0. The topological polar surface area (TPSA) is 108 Å². The van der Waals surface area contributed by atoms with Gasteiger partial charge in [0.2, 0.25) is 21.8 Å². The van der Waals surface area contributed by atoms with E-state index in [-0.39, 0.29) is 16.7 Å². The van der Waals surface area contributed by atoms with E-state index in [9.17, 15) is 18.0 Å². The summed E-state index contributed by atoms with van der Waals surface area (Å²) in [6, 6.07) is 4.99. The van der Waals surface area contributed by atoms with Crippen molar-refractivity contribution in [2.45, 2.75) is 37.6 Å². The Morgan fingerprint density at radius 3 is 2.29 bits per heavy atom. The van der Waals surface area contributed by atoms with Crippen molar-refractivity contribution in [3.05, 3.63) is 24.3 Å². The Balaban J connectivity index is 1.50. The molecule has 10 heteroatoms. The van der Waals surface area contributed by atoms with E-state index in [2.05, 4.69) is 14.9 Å². The molecule has 0 bridgehead atoms. The molecule has 2 aliphatic heterocycles. The highest BCUT2D eigenvalue weighted by Crippen LogP contribution is 2.20. The summed E-state index contributed by atoms with van der Waals surface area (Å²) in [5.41, 5.74) is 0.510. The van der Waals surface area contributed by atoms with E-state index >= 15 is 0 Å². The molecule has 1 atom stereocenters. The van der Waals surface area contributed by atoms with E-state index in [1.54, 1.807) is 11.8 Å². The molecule has 2 aliphatic rings. The van der Waals surface area contributed by atoms with E-state index < -0.39 is 16.1 Å². The number of anilines is 1. The van der Waals surface area contributed by atoms with Crippen LogP contribution in [0.3, 0.4) is 0 Å². The number of sulfonamides is 1. The summed E-state index contributed by atoms with van der Waals surface area (Å²) in [5.74, 6) is 0.112. The molecule has 2 heterocycles. The van der Waals surface area contributed by atoms with Crippen molar-refractivity contribution in [1.82, 2.24) is 14.5 Å². The number of carbonyl (C=O) groups excluding carboxylic acids is 2. The van der Waals surface area contributed by atoms with Crippen LogP contribution in [0.4, 0.5) is 5.69 Å². The highest BCUT2D eigenvalue weighted by atomic mass is 32.2. The van der Waals surface area contributed by atoms with Crippen LogP contribution < -0.4 is 10.0 Å². The molecule has 31 heavy (non-hydrogen) atoms. The summed E-state index contributed by atoms with van der Waals surface area (Å²) in [6.45, 7) is 8.76. The number of rotatable bonds is 7. The van der Waals surface area contributed by atoms with Gasteiger partial charge in [-0.2, -0.15) is 4.72 Å². The van der Waals surface area contributed by atoms with Gasteiger partial charge in [-0.05, 0) is 49.9 Å². The van der Waals surface area contributed by atoms with Crippen molar-refractivity contribution in [3.63, 3.8) is 0 Å². The van der Waals surface area contributed by atoms with E-state index in [1.165, 1.54) is 31.2 Å². The van der Waals surface area contributed by atoms with Crippen LogP contribution >= 0.6 is 0 Å². The van der Waals surface area contributed by atoms with E-state index in [4.69, 9.17) is 4.74 Å². The second kappa shape index (κ2) is 10.5. The molecule has 2 fully saturated rings. The van der Waals surface area contributed by atoms with Crippen molar-refractivity contribution >= 4 is 27.5 Å². The first-order valence-electron chi connectivity index (χ1n) is 10.7. The van der Waals surface area contributed by atoms with Crippen molar-refractivity contribution in [2.75, 3.05) is 51.3 Å². The zero-order chi connectivity index (χ0) is 22.4. The molecule has 0 spiro atoms.